The van der Waals surface area contributed by atoms with Crippen molar-refractivity contribution in [1.29, 1.82) is 0 Å². The predicted molar refractivity (Wildman–Crippen MR) is 104 cm³/mol. The number of carbonyl (C=O) groups excluding carboxylic acids is 1. The summed E-state index contributed by atoms with van der Waals surface area (Å²) >= 11 is 5.91. The van der Waals surface area contributed by atoms with E-state index in [0.717, 1.165) is 18.4 Å². The second-order valence-electron chi connectivity index (χ2n) is 6.66. The molecule has 1 unspecified atom stereocenters. The SMILES string of the molecule is O=C(Nc1ccccc1F)N1CCCC(c2nc(-c3ccc(Cl)cc3)no2)C1. The Labute approximate surface area is 166 Å². The highest BCUT2D eigenvalue weighted by Crippen LogP contribution is 2.28. The quantitative estimate of drug-likeness (QED) is 0.675. The van der Waals surface area contributed by atoms with Gasteiger partial charge in [0.25, 0.3) is 0 Å². The number of carbonyl (C=O) groups is 1. The number of piperidine rings is 1. The van der Waals surface area contributed by atoms with Crippen LogP contribution in [0.2, 0.25) is 5.02 Å². The molecule has 0 aliphatic carbocycles. The first-order valence-electron chi connectivity index (χ1n) is 9.00. The van der Waals surface area contributed by atoms with Gasteiger partial charge in [0.15, 0.2) is 0 Å². The summed E-state index contributed by atoms with van der Waals surface area (Å²) in [6.07, 6.45) is 1.64. The van der Waals surface area contributed by atoms with Crippen LogP contribution in [0.1, 0.15) is 24.7 Å². The fourth-order valence-corrected chi connectivity index (χ4v) is 3.36. The molecular weight excluding hydrogens is 383 g/mol. The first-order chi connectivity index (χ1) is 13.6. The highest BCUT2D eigenvalue weighted by atomic mass is 35.5. The monoisotopic (exact) mass is 400 g/mol. The molecule has 1 fully saturated rings. The Bertz CT molecular complexity index is 976. The number of benzene rings is 2. The zero-order valence-corrected chi connectivity index (χ0v) is 15.7. The van der Waals surface area contributed by atoms with E-state index in [0.29, 0.717) is 29.8 Å². The van der Waals surface area contributed by atoms with Gasteiger partial charge in [-0.15, -0.1) is 0 Å². The zero-order chi connectivity index (χ0) is 19.5. The van der Waals surface area contributed by atoms with Gasteiger partial charge in [0.05, 0.1) is 11.6 Å². The number of nitrogens with zero attached hydrogens (tertiary/aromatic N) is 3. The number of nitrogens with one attached hydrogen (secondary N) is 1. The van der Waals surface area contributed by atoms with Crippen LogP contribution in [-0.2, 0) is 0 Å². The highest BCUT2D eigenvalue weighted by Gasteiger charge is 2.29. The van der Waals surface area contributed by atoms with E-state index in [1.807, 2.05) is 12.1 Å². The van der Waals surface area contributed by atoms with Crippen LogP contribution in [0, 0.1) is 5.82 Å². The number of urea groups is 1. The van der Waals surface area contributed by atoms with E-state index >= 15 is 0 Å². The minimum atomic E-state index is -0.464. The van der Waals surface area contributed by atoms with Crippen molar-refractivity contribution in [1.82, 2.24) is 15.0 Å². The normalized spacial score (nSPS) is 16.8. The molecule has 28 heavy (non-hydrogen) atoms. The van der Waals surface area contributed by atoms with Crippen LogP contribution in [0.5, 0.6) is 0 Å². The summed E-state index contributed by atoms with van der Waals surface area (Å²) in [7, 11) is 0. The van der Waals surface area contributed by atoms with Crippen molar-refractivity contribution in [2.24, 2.45) is 0 Å². The molecule has 4 rings (SSSR count). The summed E-state index contributed by atoms with van der Waals surface area (Å²) in [6.45, 7) is 1.03. The van der Waals surface area contributed by atoms with Crippen molar-refractivity contribution < 1.29 is 13.7 Å². The molecule has 3 aromatic rings. The molecule has 8 heteroatoms. The number of aromatic nitrogens is 2. The van der Waals surface area contributed by atoms with Crippen LogP contribution >= 0.6 is 11.6 Å². The second kappa shape index (κ2) is 7.98. The first kappa shape index (κ1) is 18.4. The van der Waals surface area contributed by atoms with Crippen LogP contribution < -0.4 is 5.32 Å². The number of hydrogen-bond acceptors (Lipinski definition) is 4. The molecule has 0 saturated carbocycles. The molecule has 0 radical (unpaired) electrons. The van der Waals surface area contributed by atoms with E-state index in [1.165, 1.54) is 12.1 Å². The molecule has 2 aromatic carbocycles. The first-order valence-corrected chi connectivity index (χ1v) is 9.38. The lowest BCUT2D eigenvalue weighted by Crippen LogP contribution is -2.41. The maximum atomic E-state index is 13.8. The van der Waals surface area contributed by atoms with E-state index in [9.17, 15) is 9.18 Å². The Morgan fingerprint density at radius 3 is 2.79 bits per heavy atom. The molecule has 1 aliphatic rings. The predicted octanol–water partition coefficient (Wildman–Crippen LogP) is 4.94. The van der Waals surface area contributed by atoms with Gasteiger partial charge in [-0.2, -0.15) is 4.98 Å². The Balaban J connectivity index is 1.44. The third-order valence-corrected chi connectivity index (χ3v) is 4.97. The van der Waals surface area contributed by atoms with Crippen LogP contribution in [0.4, 0.5) is 14.9 Å². The molecule has 2 amide bonds. The summed E-state index contributed by atoms with van der Waals surface area (Å²) in [5.41, 5.74) is 0.974. The molecule has 1 atom stereocenters. The molecule has 2 heterocycles. The number of para-hydroxylation sites is 1. The summed E-state index contributed by atoms with van der Waals surface area (Å²) in [4.78, 5) is 18.7. The van der Waals surface area contributed by atoms with E-state index in [4.69, 9.17) is 16.1 Å². The van der Waals surface area contributed by atoms with Crippen molar-refractivity contribution in [3.05, 3.63) is 65.3 Å². The van der Waals surface area contributed by atoms with E-state index in [2.05, 4.69) is 15.5 Å². The largest absolute Gasteiger partial charge is 0.339 e. The van der Waals surface area contributed by atoms with Crippen molar-refractivity contribution in [2.45, 2.75) is 18.8 Å². The van der Waals surface area contributed by atoms with Gasteiger partial charge in [-0.1, -0.05) is 28.9 Å². The average Bonchev–Trinajstić information content (AvgIpc) is 3.21. The van der Waals surface area contributed by atoms with Crippen molar-refractivity contribution in [3.8, 4) is 11.4 Å². The molecule has 6 nitrogen and oxygen atoms in total. The molecule has 1 N–H and O–H groups in total. The second-order valence-corrected chi connectivity index (χ2v) is 7.09. The van der Waals surface area contributed by atoms with Gasteiger partial charge in [0.1, 0.15) is 5.82 Å². The van der Waals surface area contributed by atoms with Crippen molar-refractivity contribution in [3.63, 3.8) is 0 Å². The highest BCUT2D eigenvalue weighted by molar-refractivity contribution is 6.30. The maximum Gasteiger partial charge on any atom is 0.321 e. The van der Waals surface area contributed by atoms with Crippen LogP contribution in [0.3, 0.4) is 0 Å². The van der Waals surface area contributed by atoms with E-state index in [-0.39, 0.29) is 17.6 Å². The molecule has 144 valence electrons. The smallest absolute Gasteiger partial charge is 0.321 e. The van der Waals surface area contributed by atoms with Crippen LogP contribution in [-0.4, -0.2) is 34.2 Å². The Kier molecular flexibility index (Phi) is 5.25. The lowest BCUT2D eigenvalue weighted by molar-refractivity contribution is 0.184. The molecular formula is C20H18ClFN4O2. The zero-order valence-electron chi connectivity index (χ0n) is 14.9. The Morgan fingerprint density at radius 1 is 1.21 bits per heavy atom. The van der Waals surface area contributed by atoms with Crippen molar-refractivity contribution >= 4 is 23.3 Å². The van der Waals surface area contributed by atoms with Gasteiger partial charge in [-0.3, -0.25) is 0 Å². The fraction of sp³-hybridized carbons (Fsp3) is 0.250. The number of hydrogen-bond donors (Lipinski definition) is 1. The van der Waals surface area contributed by atoms with Gasteiger partial charge >= 0.3 is 6.03 Å². The van der Waals surface area contributed by atoms with Gasteiger partial charge in [0.2, 0.25) is 11.7 Å². The fourth-order valence-electron chi connectivity index (χ4n) is 3.24. The standard InChI is InChI=1S/C20H18ClFN4O2/c21-15-9-7-13(8-10-15)18-24-19(28-25-18)14-4-3-11-26(12-14)20(27)23-17-6-2-1-5-16(17)22/h1-2,5-10,14H,3-4,11-12H2,(H,23,27). The summed E-state index contributed by atoms with van der Waals surface area (Å²) in [5, 5.41) is 7.30. The lowest BCUT2D eigenvalue weighted by atomic mass is 9.98. The maximum absolute atomic E-state index is 13.8. The van der Waals surface area contributed by atoms with E-state index < -0.39 is 5.82 Å². The minimum Gasteiger partial charge on any atom is -0.339 e. The van der Waals surface area contributed by atoms with Crippen LogP contribution in [0.25, 0.3) is 11.4 Å². The topological polar surface area (TPSA) is 71.3 Å². The third-order valence-electron chi connectivity index (χ3n) is 4.72. The van der Waals surface area contributed by atoms with Crippen molar-refractivity contribution in [2.75, 3.05) is 18.4 Å². The number of likely N-dealkylation sites (tertiary alicyclic amines) is 1. The van der Waals surface area contributed by atoms with Gasteiger partial charge in [-0.05, 0) is 49.2 Å². The number of halogens is 2. The lowest BCUT2D eigenvalue weighted by Gasteiger charge is -2.31. The summed E-state index contributed by atoms with van der Waals surface area (Å²) in [6, 6.07) is 12.9. The number of anilines is 1. The number of amides is 2. The average molecular weight is 401 g/mol. The van der Waals surface area contributed by atoms with Gasteiger partial charge < -0.3 is 14.7 Å². The number of rotatable bonds is 3. The molecule has 0 bridgehead atoms. The molecule has 1 aromatic heterocycles. The van der Waals surface area contributed by atoms with E-state index in [1.54, 1.807) is 29.2 Å². The summed E-state index contributed by atoms with van der Waals surface area (Å²) < 4.78 is 19.2. The minimum absolute atomic E-state index is 0.0614. The molecule has 1 saturated heterocycles. The van der Waals surface area contributed by atoms with Gasteiger partial charge in [-0.25, -0.2) is 9.18 Å². The Hall–Kier alpha value is -2.93. The third kappa shape index (κ3) is 3.99. The van der Waals surface area contributed by atoms with Crippen LogP contribution in [0.15, 0.2) is 53.1 Å². The van der Waals surface area contributed by atoms with Gasteiger partial charge in [0, 0.05) is 23.7 Å². The molecule has 1 aliphatic heterocycles. The Morgan fingerprint density at radius 2 is 2.00 bits per heavy atom. The summed E-state index contributed by atoms with van der Waals surface area (Å²) in [5.74, 6) is 0.454. The molecule has 0 spiro atoms.